The molecule has 0 N–H and O–H groups in total. The fourth-order valence-electron chi connectivity index (χ4n) is 2.83. The number of hydrogen-bond donors (Lipinski definition) is 0. The highest BCUT2D eigenvalue weighted by molar-refractivity contribution is 9.10. The Morgan fingerprint density at radius 2 is 2.17 bits per heavy atom. The number of halogens is 2. The van der Waals surface area contributed by atoms with Crippen molar-refractivity contribution in [3.63, 3.8) is 0 Å². The Kier molecular flexibility index (Phi) is 4.55. The fraction of sp³-hybridized carbons (Fsp3) is 0.312. The van der Waals surface area contributed by atoms with Gasteiger partial charge in [0, 0.05) is 18.1 Å². The predicted octanol–water partition coefficient (Wildman–Crippen LogP) is 3.65. The van der Waals surface area contributed by atoms with Gasteiger partial charge in [0.2, 0.25) is 11.2 Å². The number of carbonyl (C=O) groups excluding carboxylic acids is 1. The maximum atomic E-state index is 12.7. The number of rotatable bonds is 3. The number of hydrogen-bond acceptors (Lipinski definition) is 4. The smallest absolute Gasteiger partial charge is 0.249 e. The second kappa shape index (κ2) is 6.45. The van der Waals surface area contributed by atoms with Gasteiger partial charge in [-0.1, -0.05) is 35.0 Å². The standard InChI is InChI=1S/C16H16BrClN4O/c1-3-12-15(23)21(2)13-8-19-16(18)20-14(13)22(12)9-10-5-4-6-11(17)7-10/h4-8,12H,3,9H2,1-2H3/t12-/m1/s1. The van der Waals surface area contributed by atoms with E-state index in [4.69, 9.17) is 11.6 Å². The van der Waals surface area contributed by atoms with E-state index >= 15 is 0 Å². The molecule has 1 aromatic carbocycles. The first-order chi connectivity index (χ1) is 11.0. The summed E-state index contributed by atoms with van der Waals surface area (Å²) in [6, 6.07) is 7.76. The minimum Gasteiger partial charge on any atom is -0.338 e. The molecule has 1 aliphatic heterocycles. The van der Waals surface area contributed by atoms with Crippen LogP contribution >= 0.6 is 27.5 Å². The Balaban J connectivity index is 2.06. The second-order valence-corrected chi connectivity index (χ2v) is 6.68. The highest BCUT2D eigenvalue weighted by Gasteiger charge is 2.36. The van der Waals surface area contributed by atoms with Crippen molar-refractivity contribution in [1.29, 1.82) is 0 Å². The summed E-state index contributed by atoms with van der Waals surface area (Å²) in [4.78, 5) is 24.7. The molecule has 0 unspecified atom stereocenters. The molecule has 1 aromatic heterocycles. The van der Waals surface area contributed by atoms with E-state index in [2.05, 4.69) is 25.9 Å². The van der Waals surface area contributed by atoms with Crippen LogP contribution in [0.15, 0.2) is 34.9 Å². The van der Waals surface area contributed by atoms with Crippen LogP contribution < -0.4 is 9.80 Å². The van der Waals surface area contributed by atoms with E-state index in [1.54, 1.807) is 18.1 Å². The van der Waals surface area contributed by atoms with Crippen molar-refractivity contribution in [3.8, 4) is 0 Å². The first-order valence-corrected chi connectivity index (χ1v) is 8.49. The van der Waals surface area contributed by atoms with Gasteiger partial charge in [-0.15, -0.1) is 0 Å². The quantitative estimate of drug-likeness (QED) is 0.744. The largest absolute Gasteiger partial charge is 0.338 e. The maximum Gasteiger partial charge on any atom is 0.249 e. The topological polar surface area (TPSA) is 49.3 Å². The summed E-state index contributed by atoms with van der Waals surface area (Å²) in [5, 5.41) is 0.181. The first kappa shape index (κ1) is 16.2. The molecular weight excluding hydrogens is 380 g/mol. The molecule has 0 saturated carbocycles. The van der Waals surface area contributed by atoms with Crippen LogP contribution in [0.1, 0.15) is 18.9 Å². The molecule has 0 radical (unpaired) electrons. The normalized spacial score (nSPS) is 17.4. The molecule has 0 aliphatic carbocycles. The van der Waals surface area contributed by atoms with Gasteiger partial charge in [0.05, 0.1) is 6.20 Å². The van der Waals surface area contributed by atoms with Gasteiger partial charge in [-0.3, -0.25) is 4.79 Å². The van der Waals surface area contributed by atoms with Crippen molar-refractivity contribution in [3.05, 3.63) is 45.8 Å². The van der Waals surface area contributed by atoms with Crippen molar-refractivity contribution in [2.24, 2.45) is 0 Å². The van der Waals surface area contributed by atoms with E-state index < -0.39 is 0 Å². The Labute approximate surface area is 148 Å². The molecule has 1 atom stereocenters. The predicted molar refractivity (Wildman–Crippen MR) is 94.9 cm³/mol. The number of benzene rings is 1. The molecule has 1 aliphatic rings. The van der Waals surface area contributed by atoms with Gasteiger partial charge in [0.25, 0.3) is 0 Å². The molecular formula is C16H16BrClN4O. The summed E-state index contributed by atoms with van der Waals surface area (Å²) in [5.74, 6) is 0.736. The summed E-state index contributed by atoms with van der Waals surface area (Å²) in [6.07, 6.45) is 2.29. The Bertz CT molecular complexity index is 755. The first-order valence-electron chi connectivity index (χ1n) is 7.32. The summed E-state index contributed by atoms with van der Waals surface area (Å²) >= 11 is 9.47. The highest BCUT2D eigenvalue weighted by atomic mass is 79.9. The summed E-state index contributed by atoms with van der Waals surface area (Å²) in [7, 11) is 1.75. The van der Waals surface area contributed by atoms with Crippen LogP contribution in [0, 0.1) is 0 Å². The lowest BCUT2D eigenvalue weighted by atomic mass is 10.1. The molecule has 2 heterocycles. The van der Waals surface area contributed by atoms with Crippen molar-refractivity contribution in [2.75, 3.05) is 16.8 Å². The molecule has 3 rings (SSSR count). The molecule has 0 spiro atoms. The van der Waals surface area contributed by atoms with E-state index in [1.165, 1.54) is 0 Å². The number of nitrogens with zero attached hydrogens (tertiary/aromatic N) is 4. The zero-order chi connectivity index (χ0) is 16.6. The van der Waals surface area contributed by atoms with Gasteiger partial charge in [-0.2, -0.15) is 4.98 Å². The maximum absolute atomic E-state index is 12.7. The summed E-state index contributed by atoms with van der Waals surface area (Å²) in [5.41, 5.74) is 1.77. The molecule has 120 valence electrons. The van der Waals surface area contributed by atoms with Gasteiger partial charge in [-0.25, -0.2) is 4.98 Å². The third-order valence-electron chi connectivity index (χ3n) is 3.97. The van der Waals surface area contributed by atoms with E-state index in [0.29, 0.717) is 24.5 Å². The number of aromatic nitrogens is 2. The molecule has 1 amide bonds. The molecule has 5 nitrogen and oxygen atoms in total. The Morgan fingerprint density at radius 3 is 2.87 bits per heavy atom. The Morgan fingerprint density at radius 1 is 1.39 bits per heavy atom. The van der Waals surface area contributed by atoms with Crippen LogP contribution in [0.5, 0.6) is 0 Å². The molecule has 23 heavy (non-hydrogen) atoms. The SMILES string of the molecule is CC[C@@H]1C(=O)N(C)c2cnc(Cl)nc2N1Cc1cccc(Br)c1. The van der Waals surface area contributed by atoms with Crippen LogP contribution in [-0.2, 0) is 11.3 Å². The van der Waals surface area contributed by atoms with E-state index in [1.807, 2.05) is 36.1 Å². The van der Waals surface area contributed by atoms with Gasteiger partial charge in [0.1, 0.15) is 11.7 Å². The summed E-state index contributed by atoms with van der Waals surface area (Å²) in [6.45, 7) is 2.58. The van der Waals surface area contributed by atoms with Crippen LogP contribution in [0.4, 0.5) is 11.5 Å². The molecule has 0 fully saturated rings. The number of amides is 1. The average molecular weight is 396 g/mol. The lowest BCUT2D eigenvalue weighted by Crippen LogP contribution is -2.52. The lowest BCUT2D eigenvalue weighted by Gasteiger charge is -2.40. The van der Waals surface area contributed by atoms with Crippen LogP contribution in [0.2, 0.25) is 5.28 Å². The zero-order valence-electron chi connectivity index (χ0n) is 12.8. The third-order valence-corrected chi connectivity index (χ3v) is 4.65. The zero-order valence-corrected chi connectivity index (χ0v) is 15.2. The van der Waals surface area contributed by atoms with Gasteiger partial charge >= 0.3 is 0 Å². The van der Waals surface area contributed by atoms with Gasteiger partial charge in [0.15, 0.2) is 5.82 Å². The third kappa shape index (κ3) is 3.05. The average Bonchev–Trinajstić information content (AvgIpc) is 2.53. The van der Waals surface area contributed by atoms with Crippen LogP contribution in [0.3, 0.4) is 0 Å². The van der Waals surface area contributed by atoms with Crippen molar-refractivity contribution in [2.45, 2.75) is 25.9 Å². The van der Waals surface area contributed by atoms with Crippen LogP contribution in [0.25, 0.3) is 0 Å². The van der Waals surface area contributed by atoms with Crippen molar-refractivity contribution < 1.29 is 4.79 Å². The Hall–Kier alpha value is -1.66. The number of likely N-dealkylation sites (N-methyl/N-ethyl adjacent to an activating group) is 1. The monoisotopic (exact) mass is 394 g/mol. The minimum atomic E-state index is -0.266. The number of carbonyl (C=O) groups is 1. The van der Waals surface area contributed by atoms with E-state index in [-0.39, 0.29) is 17.2 Å². The van der Waals surface area contributed by atoms with Gasteiger partial charge in [-0.05, 0) is 35.7 Å². The minimum absolute atomic E-state index is 0.0425. The van der Waals surface area contributed by atoms with E-state index in [0.717, 1.165) is 10.0 Å². The molecule has 0 bridgehead atoms. The van der Waals surface area contributed by atoms with Crippen molar-refractivity contribution in [1.82, 2.24) is 9.97 Å². The van der Waals surface area contributed by atoms with E-state index in [9.17, 15) is 4.79 Å². The molecule has 0 saturated heterocycles. The van der Waals surface area contributed by atoms with Gasteiger partial charge < -0.3 is 9.80 Å². The lowest BCUT2D eigenvalue weighted by molar-refractivity contribution is -0.120. The highest BCUT2D eigenvalue weighted by Crippen LogP contribution is 2.35. The number of anilines is 2. The van der Waals surface area contributed by atoms with Crippen LogP contribution in [-0.4, -0.2) is 29.0 Å². The number of fused-ring (bicyclic) bond motifs is 1. The molecule has 2 aromatic rings. The second-order valence-electron chi connectivity index (χ2n) is 5.43. The fourth-order valence-corrected chi connectivity index (χ4v) is 3.40. The summed E-state index contributed by atoms with van der Waals surface area (Å²) < 4.78 is 1.00. The van der Waals surface area contributed by atoms with Crippen molar-refractivity contribution >= 4 is 44.9 Å². The molecule has 7 heteroatoms.